The zero-order valence-electron chi connectivity index (χ0n) is 10.3. The normalized spacial score (nSPS) is 17.8. The quantitative estimate of drug-likeness (QED) is 0.918. The van der Waals surface area contributed by atoms with Crippen LogP contribution in [0.2, 0.25) is 5.02 Å². The van der Waals surface area contributed by atoms with Gasteiger partial charge < -0.3 is 15.5 Å². The van der Waals surface area contributed by atoms with E-state index in [9.17, 15) is 0 Å². The van der Waals surface area contributed by atoms with Gasteiger partial charge in [-0.2, -0.15) is 0 Å². The zero-order chi connectivity index (χ0) is 13.0. The molecule has 0 bridgehead atoms. The van der Waals surface area contributed by atoms with E-state index in [1.165, 1.54) is 0 Å². The number of nitrogens with two attached hydrogens (primary N) is 1. The number of anilines is 1. The van der Waals surface area contributed by atoms with Crippen molar-refractivity contribution in [3.63, 3.8) is 0 Å². The van der Waals surface area contributed by atoms with Crippen LogP contribution in [0.15, 0.2) is 16.7 Å². The maximum absolute atomic E-state index is 6.25. The number of pyridine rings is 1. The molecule has 1 aromatic rings. The van der Waals surface area contributed by atoms with Crippen LogP contribution >= 0.6 is 27.5 Å². The fourth-order valence-electron chi connectivity index (χ4n) is 2.23. The monoisotopic (exact) mass is 332 g/mol. The number of hydrogen-bond donors (Lipinski definition) is 1. The third-order valence-electron chi connectivity index (χ3n) is 3.12. The van der Waals surface area contributed by atoms with Gasteiger partial charge in [0.25, 0.3) is 0 Å². The highest BCUT2D eigenvalue weighted by Crippen LogP contribution is 2.26. The molecule has 6 heteroatoms. The summed E-state index contributed by atoms with van der Waals surface area (Å²) in [5, 5.41) is 0.705. The molecule has 0 spiro atoms. The molecule has 18 heavy (non-hydrogen) atoms. The first-order chi connectivity index (χ1) is 8.70. The summed E-state index contributed by atoms with van der Waals surface area (Å²) in [4.78, 5) is 9.07. The Morgan fingerprint density at radius 1 is 1.33 bits per heavy atom. The van der Waals surface area contributed by atoms with Gasteiger partial charge in [0, 0.05) is 43.4 Å². The van der Waals surface area contributed by atoms with Crippen molar-refractivity contribution in [2.45, 2.75) is 6.42 Å². The lowest BCUT2D eigenvalue weighted by atomic mass is 10.3. The van der Waals surface area contributed by atoms with Crippen LogP contribution in [0.5, 0.6) is 0 Å². The molecule has 0 atom stereocenters. The van der Waals surface area contributed by atoms with Gasteiger partial charge in [0.05, 0.1) is 5.02 Å². The molecular weight excluding hydrogens is 316 g/mol. The van der Waals surface area contributed by atoms with E-state index in [0.29, 0.717) is 5.02 Å². The number of halogens is 2. The Kier molecular flexibility index (Phi) is 5.24. The van der Waals surface area contributed by atoms with E-state index in [-0.39, 0.29) is 0 Å². The number of nitrogens with zero attached hydrogens (tertiary/aromatic N) is 3. The lowest BCUT2D eigenvalue weighted by Crippen LogP contribution is -2.34. The second-order valence-corrected chi connectivity index (χ2v) is 5.75. The highest BCUT2D eigenvalue weighted by molar-refractivity contribution is 9.10. The lowest BCUT2D eigenvalue weighted by molar-refractivity contribution is 0.302. The average molecular weight is 334 g/mol. The van der Waals surface area contributed by atoms with E-state index in [1.807, 2.05) is 6.07 Å². The summed E-state index contributed by atoms with van der Waals surface area (Å²) in [6.45, 7) is 5.75. The third kappa shape index (κ3) is 3.57. The maximum Gasteiger partial charge on any atom is 0.147 e. The second kappa shape index (κ2) is 6.70. The molecule has 1 aromatic heterocycles. The van der Waals surface area contributed by atoms with Gasteiger partial charge >= 0.3 is 0 Å². The van der Waals surface area contributed by atoms with Gasteiger partial charge in [-0.3, -0.25) is 0 Å². The molecule has 1 aliphatic rings. The van der Waals surface area contributed by atoms with Crippen molar-refractivity contribution in [3.8, 4) is 0 Å². The summed E-state index contributed by atoms with van der Waals surface area (Å²) in [5.74, 6) is 0.884. The highest BCUT2D eigenvalue weighted by Gasteiger charge is 2.17. The van der Waals surface area contributed by atoms with Crippen LogP contribution in [0.4, 0.5) is 5.82 Å². The molecule has 4 nitrogen and oxygen atoms in total. The fourth-order valence-corrected chi connectivity index (χ4v) is 2.98. The molecule has 0 aromatic carbocycles. The van der Waals surface area contributed by atoms with Crippen molar-refractivity contribution in [2.24, 2.45) is 5.73 Å². The van der Waals surface area contributed by atoms with Crippen molar-refractivity contribution in [3.05, 3.63) is 21.8 Å². The Hall–Kier alpha value is -0.360. The summed E-state index contributed by atoms with van der Waals surface area (Å²) in [5.41, 5.74) is 5.60. The smallest absolute Gasteiger partial charge is 0.147 e. The largest absolute Gasteiger partial charge is 0.354 e. The molecule has 2 N–H and O–H groups in total. The van der Waals surface area contributed by atoms with Gasteiger partial charge in [-0.25, -0.2) is 4.98 Å². The Balaban J connectivity index is 2.05. The molecule has 0 aliphatic carbocycles. The first kappa shape index (κ1) is 14.1. The summed E-state index contributed by atoms with van der Waals surface area (Å²) < 4.78 is 0.913. The van der Waals surface area contributed by atoms with Gasteiger partial charge in [0.2, 0.25) is 0 Å². The van der Waals surface area contributed by atoms with Gasteiger partial charge in [-0.05, 0) is 35.0 Å². The van der Waals surface area contributed by atoms with E-state index in [0.717, 1.165) is 56.0 Å². The molecule has 2 heterocycles. The maximum atomic E-state index is 6.25. The van der Waals surface area contributed by atoms with Crippen molar-refractivity contribution in [1.82, 2.24) is 9.88 Å². The molecule has 1 aliphatic heterocycles. The number of rotatable bonds is 3. The van der Waals surface area contributed by atoms with E-state index in [1.54, 1.807) is 6.20 Å². The molecule has 100 valence electrons. The van der Waals surface area contributed by atoms with Gasteiger partial charge in [0.15, 0.2) is 0 Å². The third-order valence-corrected chi connectivity index (χ3v) is 3.83. The van der Waals surface area contributed by atoms with Crippen molar-refractivity contribution in [2.75, 3.05) is 44.2 Å². The highest BCUT2D eigenvalue weighted by atomic mass is 79.9. The minimum atomic E-state index is 0.705. The van der Waals surface area contributed by atoms with Crippen LogP contribution in [-0.2, 0) is 0 Å². The summed E-state index contributed by atoms with van der Waals surface area (Å²) >= 11 is 9.62. The number of hydrogen-bond acceptors (Lipinski definition) is 4. The first-order valence-electron chi connectivity index (χ1n) is 6.19. The summed E-state index contributed by atoms with van der Waals surface area (Å²) in [6.07, 6.45) is 2.91. The molecular formula is C12H18BrClN4. The van der Waals surface area contributed by atoms with E-state index in [2.05, 4.69) is 30.7 Å². The molecule has 1 fully saturated rings. The van der Waals surface area contributed by atoms with E-state index >= 15 is 0 Å². The SMILES string of the molecule is NCCN1CCCN(c2ncc(Br)cc2Cl)CC1. The molecule has 0 saturated carbocycles. The lowest BCUT2D eigenvalue weighted by Gasteiger charge is -2.23. The second-order valence-electron chi connectivity index (χ2n) is 4.43. The molecule has 2 rings (SSSR count). The van der Waals surface area contributed by atoms with Crippen molar-refractivity contribution in [1.29, 1.82) is 0 Å². The Labute approximate surface area is 121 Å². The predicted molar refractivity (Wildman–Crippen MR) is 79.3 cm³/mol. The van der Waals surface area contributed by atoms with Crippen LogP contribution in [0.25, 0.3) is 0 Å². The molecule has 1 saturated heterocycles. The van der Waals surface area contributed by atoms with Crippen LogP contribution < -0.4 is 10.6 Å². The van der Waals surface area contributed by atoms with Crippen molar-refractivity contribution >= 4 is 33.3 Å². The van der Waals surface area contributed by atoms with Gasteiger partial charge in [0.1, 0.15) is 5.82 Å². The number of aromatic nitrogens is 1. The van der Waals surface area contributed by atoms with Crippen LogP contribution in [-0.4, -0.2) is 49.2 Å². The molecule has 0 radical (unpaired) electrons. The first-order valence-corrected chi connectivity index (χ1v) is 7.36. The Morgan fingerprint density at radius 2 is 2.17 bits per heavy atom. The molecule has 0 unspecified atom stereocenters. The summed E-state index contributed by atoms with van der Waals surface area (Å²) in [7, 11) is 0. The van der Waals surface area contributed by atoms with E-state index < -0.39 is 0 Å². The average Bonchev–Trinajstić information content (AvgIpc) is 2.55. The topological polar surface area (TPSA) is 45.4 Å². The molecule has 0 amide bonds. The van der Waals surface area contributed by atoms with Crippen molar-refractivity contribution < 1.29 is 0 Å². The Bertz CT molecular complexity index is 402. The minimum Gasteiger partial charge on any atom is -0.354 e. The zero-order valence-corrected chi connectivity index (χ0v) is 12.6. The van der Waals surface area contributed by atoms with Gasteiger partial charge in [-0.1, -0.05) is 11.6 Å². The Morgan fingerprint density at radius 3 is 2.89 bits per heavy atom. The van der Waals surface area contributed by atoms with Crippen LogP contribution in [0.3, 0.4) is 0 Å². The fraction of sp³-hybridized carbons (Fsp3) is 0.583. The predicted octanol–water partition coefficient (Wildman–Crippen LogP) is 1.97. The summed E-state index contributed by atoms with van der Waals surface area (Å²) in [6, 6.07) is 1.90. The van der Waals surface area contributed by atoms with E-state index in [4.69, 9.17) is 17.3 Å². The van der Waals surface area contributed by atoms with Crippen LogP contribution in [0, 0.1) is 0 Å². The van der Waals surface area contributed by atoms with Crippen LogP contribution in [0.1, 0.15) is 6.42 Å². The standard InChI is InChI=1S/C12H18BrClN4/c13-10-8-11(14)12(16-9-10)18-4-1-3-17(5-2-15)6-7-18/h8-9H,1-7,15H2. The minimum absolute atomic E-state index is 0.705. The van der Waals surface area contributed by atoms with Gasteiger partial charge in [-0.15, -0.1) is 0 Å².